The number of amides is 1. The van der Waals surface area contributed by atoms with Gasteiger partial charge in [0.1, 0.15) is 5.82 Å². The number of nitrogens with zero attached hydrogens (tertiary/aromatic N) is 3. The van der Waals surface area contributed by atoms with Gasteiger partial charge < -0.3 is 15.0 Å². The van der Waals surface area contributed by atoms with E-state index in [1.54, 1.807) is 23.2 Å². The molecule has 3 heterocycles. The number of carbonyl (C=O) groups is 1. The second-order valence-electron chi connectivity index (χ2n) is 10.2. The van der Waals surface area contributed by atoms with Crippen molar-refractivity contribution in [1.29, 1.82) is 0 Å². The van der Waals surface area contributed by atoms with Gasteiger partial charge in [0.25, 0.3) is 5.91 Å². The minimum Gasteiger partial charge on any atom is -0.373 e. The zero-order valence-corrected chi connectivity index (χ0v) is 20.6. The van der Waals surface area contributed by atoms with Crippen LogP contribution in [0.2, 0.25) is 0 Å². The molecule has 2 aliphatic heterocycles. The fraction of sp³-hybridized carbons (Fsp3) is 0.429. The van der Waals surface area contributed by atoms with Crippen molar-refractivity contribution in [2.24, 2.45) is 0 Å². The van der Waals surface area contributed by atoms with Gasteiger partial charge in [-0.1, -0.05) is 36.4 Å². The number of nitrogens with one attached hydrogen (secondary N) is 1. The number of aromatic nitrogens is 1. The van der Waals surface area contributed by atoms with E-state index < -0.39 is 12.3 Å². The van der Waals surface area contributed by atoms with E-state index in [0.29, 0.717) is 44.0 Å². The Morgan fingerprint density at radius 1 is 1.11 bits per heavy atom. The van der Waals surface area contributed by atoms with Crippen LogP contribution in [0.25, 0.3) is 10.8 Å². The number of rotatable bonds is 4. The number of hydrogen-bond acceptors (Lipinski definition) is 5. The van der Waals surface area contributed by atoms with Crippen molar-refractivity contribution in [2.75, 3.05) is 31.1 Å². The Morgan fingerprint density at radius 3 is 2.69 bits per heavy atom. The standard InChI is InChI=1S/C28H33FN4O2/c1-19-8-7-11-20-12-14-30-26(23(19)20)33-15-13-22(32-16-17-35-28(2,3)18-32)24(25(33)29)31-27(34)21-9-5-4-6-10-21/h4-12,14,22,24-25H,13,15-18H2,1-3H3,(H,31,34)/t22?,24-,25?/m1/s1. The second kappa shape index (κ2) is 9.55. The Bertz CT molecular complexity index is 1200. The molecule has 1 aromatic heterocycles. The summed E-state index contributed by atoms with van der Waals surface area (Å²) in [5.74, 6) is 0.368. The van der Waals surface area contributed by atoms with Crippen LogP contribution in [0.1, 0.15) is 36.2 Å². The summed E-state index contributed by atoms with van der Waals surface area (Å²) >= 11 is 0. The van der Waals surface area contributed by atoms with Crippen molar-refractivity contribution in [1.82, 2.24) is 15.2 Å². The molecule has 0 radical (unpaired) electrons. The van der Waals surface area contributed by atoms with Gasteiger partial charge in [0.15, 0.2) is 6.30 Å². The maximum Gasteiger partial charge on any atom is 0.251 e. The number of piperidine rings is 1. The number of pyridine rings is 1. The van der Waals surface area contributed by atoms with Gasteiger partial charge in [-0.15, -0.1) is 0 Å². The van der Waals surface area contributed by atoms with Gasteiger partial charge in [-0.25, -0.2) is 9.37 Å². The van der Waals surface area contributed by atoms with E-state index in [9.17, 15) is 4.79 Å². The van der Waals surface area contributed by atoms with Gasteiger partial charge >= 0.3 is 0 Å². The SMILES string of the molecule is Cc1cccc2ccnc(N3CCC(N4CCOC(C)(C)C4)[C@@H](NC(=O)c4ccccc4)C3F)c12. The number of carbonyl (C=O) groups excluding carboxylic acids is 1. The van der Waals surface area contributed by atoms with Gasteiger partial charge in [-0.05, 0) is 56.3 Å². The van der Waals surface area contributed by atoms with E-state index in [4.69, 9.17) is 4.74 Å². The number of fused-ring (bicyclic) bond motifs is 1. The fourth-order valence-corrected chi connectivity index (χ4v) is 5.51. The average Bonchev–Trinajstić information content (AvgIpc) is 2.85. The highest BCUT2D eigenvalue weighted by Crippen LogP contribution is 2.34. The zero-order chi connectivity index (χ0) is 24.6. The van der Waals surface area contributed by atoms with Crippen molar-refractivity contribution in [3.05, 3.63) is 71.9 Å². The molecule has 5 rings (SSSR count). The Labute approximate surface area is 206 Å². The molecule has 3 aromatic rings. The minimum atomic E-state index is -1.43. The van der Waals surface area contributed by atoms with Crippen molar-refractivity contribution in [2.45, 2.75) is 51.2 Å². The van der Waals surface area contributed by atoms with Crippen molar-refractivity contribution >= 4 is 22.5 Å². The summed E-state index contributed by atoms with van der Waals surface area (Å²) in [5.41, 5.74) is 1.26. The predicted octanol–water partition coefficient (Wildman–Crippen LogP) is 4.33. The summed E-state index contributed by atoms with van der Waals surface area (Å²) in [5, 5.41) is 5.04. The van der Waals surface area contributed by atoms with Crippen LogP contribution in [0.3, 0.4) is 0 Å². The van der Waals surface area contributed by atoms with Gasteiger partial charge in [0.05, 0.1) is 18.2 Å². The third-order valence-electron chi connectivity index (χ3n) is 7.18. The number of hydrogen-bond donors (Lipinski definition) is 1. The molecule has 2 aromatic carbocycles. The summed E-state index contributed by atoms with van der Waals surface area (Å²) in [6, 6.07) is 16.2. The highest BCUT2D eigenvalue weighted by molar-refractivity contribution is 5.96. The van der Waals surface area contributed by atoms with Crippen LogP contribution in [-0.2, 0) is 4.74 Å². The van der Waals surface area contributed by atoms with Crippen LogP contribution >= 0.6 is 0 Å². The van der Waals surface area contributed by atoms with Crippen LogP contribution in [-0.4, -0.2) is 66.0 Å². The van der Waals surface area contributed by atoms with E-state index in [2.05, 4.69) is 29.0 Å². The normalized spacial score (nSPS) is 24.9. The number of ether oxygens (including phenoxy) is 1. The monoisotopic (exact) mass is 476 g/mol. The van der Waals surface area contributed by atoms with Gasteiger partial charge in [0.2, 0.25) is 0 Å². The molecule has 0 bridgehead atoms. The molecule has 0 saturated carbocycles. The molecule has 2 saturated heterocycles. The van der Waals surface area contributed by atoms with Crippen molar-refractivity contribution in [3.63, 3.8) is 0 Å². The molecular formula is C28H33FN4O2. The highest BCUT2D eigenvalue weighted by atomic mass is 19.1. The predicted molar refractivity (Wildman–Crippen MR) is 136 cm³/mol. The first-order valence-electron chi connectivity index (χ1n) is 12.3. The summed E-state index contributed by atoms with van der Waals surface area (Å²) < 4.78 is 22.5. The molecule has 7 heteroatoms. The lowest BCUT2D eigenvalue weighted by molar-refractivity contribution is -0.105. The number of morpholine rings is 1. The Hall–Kier alpha value is -3.03. The second-order valence-corrected chi connectivity index (χ2v) is 10.2. The number of aryl methyl sites for hydroxylation is 1. The summed E-state index contributed by atoms with van der Waals surface area (Å²) in [6.45, 7) is 8.65. The molecule has 2 fully saturated rings. The van der Waals surface area contributed by atoms with Crippen LogP contribution in [0.15, 0.2) is 60.8 Å². The lowest BCUT2D eigenvalue weighted by atomic mass is 9.93. The van der Waals surface area contributed by atoms with Crippen LogP contribution in [0.4, 0.5) is 10.2 Å². The third-order valence-corrected chi connectivity index (χ3v) is 7.18. The van der Waals surface area contributed by atoms with Crippen LogP contribution in [0, 0.1) is 6.92 Å². The van der Waals surface area contributed by atoms with E-state index in [-0.39, 0.29) is 17.6 Å². The van der Waals surface area contributed by atoms with E-state index >= 15 is 4.39 Å². The Kier molecular flexibility index (Phi) is 6.47. The average molecular weight is 477 g/mol. The number of halogens is 1. The largest absolute Gasteiger partial charge is 0.373 e. The summed E-state index contributed by atoms with van der Waals surface area (Å²) in [4.78, 5) is 21.8. The quantitative estimate of drug-likeness (QED) is 0.568. The van der Waals surface area contributed by atoms with E-state index in [1.807, 2.05) is 49.4 Å². The first-order valence-corrected chi connectivity index (χ1v) is 12.3. The number of anilines is 1. The molecule has 35 heavy (non-hydrogen) atoms. The molecule has 3 atom stereocenters. The molecule has 184 valence electrons. The van der Waals surface area contributed by atoms with Gasteiger partial charge in [0, 0.05) is 42.8 Å². The number of alkyl halides is 1. The molecule has 1 N–H and O–H groups in total. The highest BCUT2D eigenvalue weighted by Gasteiger charge is 2.45. The zero-order valence-electron chi connectivity index (χ0n) is 20.6. The fourth-order valence-electron chi connectivity index (χ4n) is 5.51. The lowest BCUT2D eigenvalue weighted by Crippen LogP contribution is -2.67. The minimum absolute atomic E-state index is 0.145. The lowest BCUT2D eigenvalue weighted by Gasteiger charge is -2.49. The molecular weight excluding hydrogens is 443 g/mol. The van der Waals surface area contributed by atoms with Gasteiger partial charge in [-0.2, -0.15) is 0 Å². The van der Waals surface area contributed by atoms with E-state index in [1.165, 1.54) is 0 Å². The third kappa shape index (κ3) is 4.75. The molecule has 1 amide bonds. The topological polar surface area (TPSA) is 57.7 Å². The summed E-state index contributed by atoms with van der Waals surface area (Å²) in [7, 11) is 0. The van der Waals surface area contributed by atoms with Gasteiger partial charge in [-0.3, -0.25) is 9.69 Å². The summed E-state index contributed by atoms with van der Waals surface area (Å²) in [6.07, 6.45) is 1.02. The first-order chi connectivity index (χ1) is 16.8. The molecule has 2 unspecified atom stereocenters. The van der Waals surface area contributed by atoms with Crippen molar-refractivity contribution in [3.8, 4) is 0 Å². The smallest absolute Gasteiger partial charge is 0.251 e. The Balaban J connectivity index is 1.50. The van der Waals surface area contributed by atoms with Crippen LogP contribution < -0.4 is 10.2 Å². The first kappa shape index (κ1) is 23.7. The van der Waals surface area contributed by atoms with Crippen molar-refractivity contribution < 1.29 is 13.9 Å². The molecule has 6 nitrogen and oxygen atoms in total. The maximum absolute atomic E-state index is 16.5. The molecule has 0 aliphatic carbocycles. The maximum atomic E-state index is 16.5. The van der Waals surface area contributed by atoms with E-state index in [0.717, 1.165) is 16.3 Å². The molecule has 0 spiro atoms. The Morgan fingerprint density at radius 2 is 1.91 bits per heavy atom. The number of benzene rings is 2. The molecule has 2 aliphatic rings. The van der Waals surface area contributed by atoms with Crippen LogP contribution in [0.5, 0.6) is 0 Å².